The van der Waals surface area contributed by atoms with E-state index in [1.54, 1.807) is 13.1 Å². The van der Waals surface area contributed by atoms with Gasteiger partial charge in [0.05, 0.1) is 11.2 Å². The molecule has 2 heterocycles. The van der Waals surface area contributed by atoms with Gasteiger partial charge in [0, 0.05) is 48.9 Å². The molecule has 172 valence electrons. The van der Waals surface area contributed by atoms with Gasteiger partial charge in [-0.2, -0.15) is 5.26 Å². The number of aryl methyl sites for hydroxylation is 1. The van der Waals surface area contributed by atoms with Crippen molar-refractivity contribution in [3.63, 3.8) is 0 Å². The summed E-state index contributed by atoms with van der Waals surface area (Å²) in [4.78, 5) is 14.8. The Morgan fingerprint density at radius 1 is 1.12 bits per heavy atom. The number of halogens is 4. The Bertz CT molecular complexity index is 1290. The molecule has 0 N–H and O–H groups in total. The summed E-state index contributed by atoms with van der Waals surface area (Å²) < 4.78 is 49.5. The molecule has 1 fully saturated rings. The molecule has 0 atom stereocenters. The lowest BCUT2D eigenvalue weighted by Gasteiger charge is -2.35. The van der Waals surface area contributed by atoms with Crippen LogP contribution in [0, 0.1) is 11.3 Å². The fraction of sp³-hybridized carbons (Fsp3) is 0.304. The summed E-state index contributed by atoms with van der Waals surface area (Å²) in [6, 6.07) is 13.1. The van der Waals surface area contributed by atoms with E-state index in [0.717, 1.165) is 9.86 Å². The van der Waals surface area contributed by atoms with Gasteiger partial charge in [0.2, 0.25) is 0 Å². The van der Waals surface area contributed by atoms with Gasteiger partial charge in [0.25, 0.3) is 5.56 Å². The zero-order valence-corrected chi connectivity index (χ0v) is 19.1. The van der Waals surface area contributed by atoms with Crippen molar-refractivity contribution >= 4 is 32.5 Å². The number of hydrogen-bond donors (Lipinski definition) is 0. The van der Waals surface area contributed by atoms with Crippen molar-refractivity contribution in [2.45, 2.75) is 25.3 Å². The van der Waals surface area contributed by atoms with Crippen LogP contribution in [0.5, 0.6) is 11.5 Å². The van der Waals surface area contributed by atoms with Gasteiger partial charge in [-0.3, -0.25) is 4.79 Å². The number of alkyl halides is 3. The van der Waals surface area contributed by atoms with Gasteiger partial charge in [-0.1, -0.05) is 22.0 Å². The fourth-order valence-corrected chi connectivity index (χ4v) is 4.41. The predicted molar refractivity (Wildman–Crippen MR) is 121 cm³/mol. The van der Waals surface area contributed by atoms with Crippen LogP contribution in [-0.4, -0.2) is 30.1 Å². The van der Waals surface area contributed by atoms with Crippen LogP contribution in [-0.2, 0) is 7.05 Å². The third kappa shape index (κ3) is 4.93. The second kappa shape index (κ2) is 8.98. The molecule has 3 aromatic rings. The molecule has 1 aliphatic heterocycles. The van der Waals surface area contributed by atoms with Crippen molar-refractivity contribution < 1.29 is 22.6 Å². The van der Waals surface area contributed by atoms with Crippen molar-refractivity contribution in [1.82, 2.24) is 4.57 Å². The molecule has 6 nitrogen and oxygen atoms in total. The number of nitriles is 1. The first kappa shape index (κ1) is 23.0. The number of rotatable bonds is 4. The predicted octanol–water partition coefficient (Wildman–Crippen LogP) is 5.12. The highest BCUT2D eigenvalue weighted by Gasteiger charge is 2.31. The molecule has 0 bridgehead atoms. The number of pyridine rings is 1. The number of ether oxygens (including phenoxy) is 2. The molecule has 0 unspecified atom stereocenters. The third-order valence-corrected chi connectivity index (χ3v) is 6.04. The van der Waals surface area contributed by atoms with Gasteiger partial charge in [0.1, 0.15) is 29.2 Å². The molecule has 2 aromatic carbocycles. The van der Waals surface area contributed by atoms with Crippen LogP contribution in [0.1, 0.15) is 18.4 Å². The molecular formula is C23H19BrF3N3O3. The first-order valence-electron chi connectivity index (χ1n) is 10.2. The van der Waals surface area contributed by atoms with Gasteiger partial charge in [-0.25, -0.2) is 0 Å². The van der Waals surface area contributed by atoms with Gasteiger partial charge in [-0.05, 0) is 30.3 Å². The van der Waals surface area contributed by atoms with Gasteiger partial charge >= 0.3 is 6.36 Å². The molecule has 10 heteroatoms. The summed E-state index contributed by atoms with van der Waals surface area (Å²) in [7, 11) is 1.64. The number of hydrogen-bond acceptors (Lipinski definition) is 5. The van der Waals surface area contributed by atoms with Gasteiger partial charge < -0.3 is 18.9 Å². The summed E-state index contributed by atoms with van der Waals surface area (Å²) >= 11 is 3.43. The van der Waals surface area contributed by atoms with E-state index in [9.17, 15) is 23.2 Å². The van der Waals surface area contributed by atoms with Gasteiger partial charge in [-0.15, -0.1) is 13.2 Å². The highest BCUT2D eigenvalue weighted by molar-refractivity contribution is 9.10. The molecule has 0 saturated carbocycles. The van der Waals surface area contributed by atoms with Crippen LogP contribution < -0.4 is 19.9 Å². The average molecular weight is 522 g/mol. The largest absolute Gasteiger partial charge is 0.573 e. The number of aromatic nitrogens is 1. The van der Waals surface area contributed by atoms with Crippen molar-refractivity contribution in [3.8, 4) is 17.6 Å². The molecular weight excluding hydrogens is 503 g/mol. The second-order valence-electron chi connectivity index (χ2n) is 7.69. The van der Waals surface area contributed by atoms with Crippen LogP contribution in [0.2, 0.25) is 0 Å². The molecule has 0 aliphatic carbocycles. The fourth-order valence-electron chi connectivity index (χ4n) is 4.06. The molecule has 4 rings (SSSR count). The Morgan fingerprint density at radius 2 is 1.82 bits per heavy atom. The smallest absolute Gasteiger partial charge is 0.490 e. The molecule has 0 radical (unpaired) electrons. The minimum absolute atomic E-state index is 0.0868. The Morgan fingerprint density at radius 3 is 2.48 bits per heavy atom. The Kier molecular flexibility index (Phi) is 6.26. The highest BCUT2D eigenvalue weighted by Crippen LogP contribution is 2.33. The van der Waals surface area contributed by atoms with Crippen LogP contribution >= 0.6 is 15.9 Å². The topological polar surface area (TPSA) is 67.5 Å². The molecule has 1 aromatic heterocycles. The second-order valence-corrected chi connectivity index (χ2v) is 8.60. The SMILES string of the molecule is Cn1c(=O)c(C#N)c(N2CCC(Oc3cccc(OC(F)(F)F)c3)CC2)c2ccc(Br)cc21. The average Bonchev–Trinajstić information content (AvgIpc) is 2.76. The molecule has 0 spiro atoms. The van der Waals surface area contributed by atoms with E-state index < -0.39 is 6.36 Å². The van der Waals surface area contributed by atoms with Crippen LogP contribution in [0.15, 0.2) is 51.7 Å². The summed E-state index contributed by atoms with van der Waals surface area (Å²) in [6.07, 6.45) is -3.85. The van der Waals surface area contributed by atoms with E-state index >= 15 is 0 Å². The van der Waals surface area contributed by atoms with Crippen LogP contribution in [0.3, 0.4) is 0 Å². The van der Waals surface area contributed by atoms with Crippen molar-refractivity contribution in [1.29, 1.82) is 5.26 Å². The van der Waals surface area contributed by atoms with E-state index in [1.165, 1.54) is 22.8 Å². The number of nitrogens with zero attached hydrogens (tertiary/aromatic N) is 3. The molecule has 0 amide bonds. The standard InChI is InChI=1S/C23H19BrF3N3O3/c1-29-20-11-14(24)5-6-18(20)21(19(13-28)22(29)31)30-9-7-15(8-10-30)32-16-3-2-4-17(12-16)33-23(25,26)27/h2-6,11-12,15H,7-10H2,1H3. The maximum absolute atomic E-state index is 12.8. The lowest BCUT2D eigenvalue weighted by atomic mass is 10.0. The normalized spacial score (nSPS) is 14.8. The molecule has 1 saturated heterocycles. The number of anilines is 1. The van der Waals surface area contributed by atoms with E-state index in [-0.39, 0.29) is 28.7 Å². The number of benzene rings is 2. The number of fused-ring (bicyclic) bond motifs is 1. The highest BCUT2D eigenvalue weighted by atomic mass is 79.9. The summed E-state index contributed by atoms with van der Waals surface area (Å²) in [6.45, 7) is 1.05. The minimum atomic E-state index is -4.77. The maximum Gasteiger partial charge on any atom is 0.573 e. The summed E-state index contributed by atoms with van der Waals surface area (Å²) in [5.74, 6) is -0.0503. The minimum Gasteiger partial charge on any atom is -0.490 e. The van der Waals surface area contributed by atoms with E-state index in [0.29, 0.717) is 37.1 Å². The maximum atomic E-state index is 12.8. The Hall–Kier alpha value is -3.19. The first-order chi connectivity index (χ1) is 15.7. The summed E-state index contributed by atoms with van der Waals surface area (Å²) in [5, 5.41) is 10.5. The monoisotopic (exact) mass is 521 g/mol. The Labute approximate surface area is 195 Å². The zero-order chi connectivity index (χ0) is 23.8. The molecule has 1 aliphatic rings. The lowest BCUT2D eigenvalue weighted by Crippen LogP contribution is -2.40. The number of piperidine rings is 1. The van der Waals surface area contributed by atoms with E-state index in [2.05, 4.69) is 26.7 Å². The van der Waals surface area contributed by atoms with Crippen molar-refractivity contribution in [3.05, 3.63) is 62.9 Å². The quantitative estimate of drug-likeness (QED) is 0.476. The van der Waals surface area contributed by atoms with E-state index in [4.69, 9.17) is 4.74 Å². The first-order valence-corrected chi connectivity index (χ1v) is 11.0. The van der Waals surface area contributed by atoms with Gasteiger partial charge in [0.15, 0.2) is 0 Å². The zero-order valence-electron chi connectivity index (χ0n) is 17.5. The van der Waals surface area contributed by atoms with Crippen LogP contribution in [0.25, 0.3) is 10.9 Å². The molecule has 33 heavy (non-hydrogen) atoms. The van der Waals surface area contributed by atoms with Crippen molar-refractivity contribution in [2.75, 3.05) is 18.0 Å². The Balaban J connectivity index is 1.54. The third-order valence-electron chi connectivity index (χ3n) is 5.54. The van der Waals surface area contributed by atoms with Crippen molar-refractivity contribution in [2.24, 2.45) is 7.05 Å². The lowest BCUT2D eigenvalue weighted by molar-refractivity contribution is -0.274. The van der Waals surface area contributed by atoms with E-state index in [1.807, 2.05) is 23.1 Å². The van der Waals surface area contributed by atoms with Crippen LogP contribution in [0.4, 0.5) is 18.9 Å². The summed E-state index contributed by atoms with van der Waals surface area (Å²) in [5.41, 5.74) is 1.03.